The number of aromatic amines is 1. The van der Waals surface area contributed by atoms with Crippen LogP contribution in [-0.2, 0) is 16.1 Å². The van der Waals surface area contributed by atoms with Crippen LogP contribution in [0.5, 0.6) is 0 Å². The van der Waals surface area contributed by atoms with Gasteiger partial charge in [-0.1, -0.05) is 6.07 Å². The van der Waals surface area contributed by atoms with Gasteiger partial charge in [0.05, 0.1) is 0 Å². The first-order valence-electron chi connectivity index (χ1n) is 10.8. The summed E-state index contributed by atoms with van der Waals surface area (Å²) in [6.07, 6.45) is 5.20. The van der Waals surface area contributed by atoms with Crippen LogP contribution < -0.4 is 10.6 Å². The molecule has 3 N–H and O–H groups in total. The fourth-order valence-corrected chi connectivity index (χ4v) is 4.54. The number of amides is 2. The van der Waals surface area contributed by atoms with E-state index in [4.69, 9.17) is 0 Å². The number of nitrogens with one attached hydrogen (secondary N) is 3. The number of likely N-dealkylation sites (tertiary alicyclic amines) is 1. The molecule has 1 saturated carbocycles. The lowest BCUT2D eigenvalue weighted by Gasteiger charge is -2.30. The molecule has 2 heterocycles. The van der Waals surface area contributed by atoms with Gasteiger partial charge in [-0.2, -0.15) is 0 Å². The Kier molecular flexibility index (Phi) is 5.90. The highest BCUT2D eigenvalue weighted by atomic mass is 16.2. The summed E-state index contributed by atoms with van der Waals surface area (Å²) >= 11 is 0. The molecule has 4 rings (SSSR count). The molecule has 0 radical (unpaired) electrons. The Morgan fingerprint density at radius 3 is 2.66 bits per heavy atom. The topological polar surface area (TPSA) is 77.2 Å². The zero-order valence-electron chi connectivity index (χ0n) is 17.5. The minimum atomic E-state index is 0.0205. The van der Waals surface area contributed by atoms with E-state index in [0.717, 1.165) is 42.1 Å². The van der Waals surface area contributed by atoms with Gasteiger partial charge in [0.15, 0.2) is 0 Å². The van der Waals surface area contributed by atoms with Crippen molar-refractivity contribution in [3.8, 4) is 0 Å². The third-order valence-corrected chi connectivity index (χ3v) is 6.25. The van der Waals surface area contributed by atoms with E-state index in [1.165, 1.54) is 18.2 Å². The van der Waals surface area contributed by atoms with Crippen LogP contribution in [0.2, 0.25) is 0 Å². The van der Waals surface area contributed by atoms with Crippen molar-refractivity contribution in [1.82, 2.24) is 20.5 Å². The van der Waals surface area contributed by atoms with Crippen LogP contribution in [-0.4, -0.2) is 46.9 Å². The SMILES string of the molecule is CC(=O)NC[C@H]1CC[C@@H](CC(=O)NCc2ccc3[nH]c(C)cc3c2)N1CC1CC1. The molecule has 0 spiro atoms. The predicted molar refractivity (Wildman–Crippen MR) is 114 cm³/mol. The second-order valence-corrected chi connectivity index (χ2v) is 8.82. The fourth-order valence-electron chi connectivity index (χ4n) is 4.54. The normalized spacial score (nSPS) is 22.1. The molecular weight excluding hydrogens is 364 g/mol. The summed E-state index contributed by atoms with van der Waals surface area (Å²) in [5.74, 6) is 0.906. The van der Waals surface area contributed by atoms with Gasteiger partial charge in [-0.25, -0.2) is 0 Å². The van der Waals surface area contributed by atoms with Gasteiger partial charge < -0.3 is 15.6 Å². The van der Waals surface area contributed by atoms with E-state index >= 15 is 0 Å². The Labute approximate surface area is 172 Å². The van der Waals surface area contributed by atoms with Gasteiger partial charge >= 0.3 is 0 Å². The number of H-pyrrole nitrogens is 1. The Morgan fingerprint density at radius 2 is 1.90 bits per heavy atom. The van der Waals surface area contributed by atoms with Crippen molar-refractivity contribution < 1.29 is 9.59 Å². The molecule has 2 atom stereocenters. The number of carbonyl (C=O) groups is 2. The molecule has 156 valence electrons. The molecule has 1 aliphatic carbocycles. The number of rotatable bonds is 8. The Bertz CT molecular complexity index is 886. The quantitative estimate of drug-likeness (QED) is 0.642. The minimum Gasteiger partial charge on any atom is -0.359 e. The Morgan fingerprint density at radius 1 is 1.10 bits per heavy atom. The van der Waals surface area contributed by atoms with Crippen molar-refractivity contribution in [1.29, 1.82) is 0 Å². The first-order valence-corrected chi connectivity index (χ1v) is 10.8. The summed E-state index contributed by atoms with van der Waals surface area (Å²) in [5.41, 5.74) is 3.39. The Hall–Kier alpha value is -2.34. The lowest BCUT2D eigenvalue weighted by atomic mass is 10.1. The van der Waals surface area contributed by atoms with Gasteiger partial charge in [0.25, 0.3) is 0 Å². The number of fused-ring (bicyclic) bond motifs is 1. The van der Waals surface area contributed by atoms with Gasteiger partial charge in [0.2, 0.25) is 11.8 Å². The van der Waals surface area contributed by atoms with E-state index in [1.54, 1.807) is 6.92 Å². The zero-order valence-corrected chi connectivity index (χ0v) is 17.5. The average molecular weight is 397 g/mol. The van der Waals surface area contributed by atoms with E-state index in [9.17, 15) is 9.59 Å². The second-order valence-electron chi connectivity index (χ2n) is 8.82. The highest BCUT2D eigenvalue weighted by molar-refractivity contribution is 5.81. The highest BCUT2D eigenvalue weighted by Gasteiger charge is 2.37. The molecular formula is C23H32N4O2. The van der Waals surface area contributed by atoms with Crippen LogP contribution in [0, 0.1) is 12.8 Å². The van der Waals surface area contributed by atoms with Crippen molar-refractivity contribution in [2.45, 2.75) is 64.6 Å². The smallest absolute Gasteiger partial charge is 0.221 e. The third kappa shape index (κ3) is 5.18. The molecule has 6 heteroatoms. The van der Waals surface area contributed by atoms with Crippen molar-refractivity contribution in [2.24, 2.45) is 5.92 Å². The standard InChI is InChI=1S/C23H32N4O2/c1-15-9-19-10-18(5-8-22(19)26-15)12-25-23(29)11-20-6-7-21(13-24-16(2)28)27(20)14-17-3-4-17/h5,8-10,17,20-21,26H,3-4,6-7,11-14H2,1-2H3,(H,24,28)(H,25,29)/t20-,21+/m0/s1. The summed E-state index contributed by atoms with van der Waals surface area (Å²) in [4.78, 5) is 29.8. The second kappa shape index (κ2) is 8.57. The molecule has 2 amide bonds. The average Bonchev–Trinajstić information content (AvgIpc) is 3.31. The van der Waals surface area contributed by atoms with E-state index in [0.29, 0.717) is 25.6 Å². The molecule has 1 aliphatic heterocycles. The van der Waals surface area contributed by atoms with E-state index in [2.05, 4.69) is 51.7 Å². The maximum absolute atomic E-state index is 12.6. The molecule has 1 aromatic carbocycles. The summed E-state index contributed by atoms with van der Waals surface area (Å²) < 4.78 is 0. The van der Waals surface area contributed by atoms with Gasteiger partial charge in [0, 0.05) is 56.3 Å². The summed E-state index contributed by atoms with van der Waals surface area (Å²) in [6, 6.07) is 9.05. The number of benzene rings is 1. The van der Waals surface area contributed by atoms with Crippen LogP contribution in [0.4, 0.5) is 0 Å². The summed E-state index contributed by atoms with van der Waals surface area (Å²) in [7, 11) is 0. The molecule has 29 heavy (non-hydrogen) atoms. The van der Waals surface area contributed by atoms with Crippen molar-refractivity contribution in [3.63, 3.8) is 0 Å². The zero-order chi connectivity index (χ0) is 20.4. The summed E-state index contributed by atoms with van der Waals surface area (Å²) in [6.45, 7) is 5.93. The molecule has 0 unspecified atom stereocenters. The molecule has 2 aliphatic rings. The molecule has 2 fully saturated rings. The van der Waals surface area contributed by atoms with Gasteiger partial charge in [-0.3, -0.25) is 14.5 Å². The maximum atomic E-state index is 12.6. The van der Waals surface area contributed by atoms with Crippen LogP contribution in [0.15, 0.2) is 24.3 Å². The number of aryl methyl sites for hydroxylation is 1. The van der Waals surface area contributed by atoms with Crippen LogP contribution in [0.3, 0.4) is 0 Å². The maximum Gasteiger partial charge on any atom is 0.221 e. The predicted octanol–water partition coefficient (Wildman–Crippen LogP) is 2.86. The first-order chi connectivity index (χ1) is 14.0. The molecule has 0 bridgehead atoms. The Balaban J connectivity index is 1.31. The number of hydrogen-bond donors (Lipinski definition) is 3. The number of carbonyl (C=O) groups excluding carboxylic acids is 2. The van der Waals surface area contributed by atoms with Gasteiger partial charge in [-0.05, 0) is 67.7 Å². The lowest BCUT2D eigenvalue weighted by Crippen LogP contribution is -2.45. The lowest BCUT2D eigenvalue weighted by molar-refractivity contribution is -0.122. The van der Waals surface area contributed by atoms with Crippen molar-refractivity contribution in [2.75, 3.05) is 13.1 Å². The minimum absolute atomic E-state index is 0.0205. The molecule has 1 aromatic heterocycles. The first kappa shape index (κ1) is 20.0. The van der Waals surface area contributed by atoms with Crippen LogP contribution >= 0.6 is 0 Å². The highest BCUT2D eigenvalue weighted by Crippen LogP contribution is 2.35. The van der Waals surface area contributed by atoms with Gasteiger partial charge in [-0.15, -0.1) is 0 Å². The number of hydrogen-bond acceptors (Lipinski definition) is 3. The number of aromatic nitrogens is 1. The van der Waals surface area contributed by atoms with Crippen molar-refractivity contribution >= 4 is 22.7 Å². The van der Waals surface area contributed by atoms with Gasteiger partial charge in [0.1, 0.15) is 0 Å². The molecule has 6 nitrogen and oxygen atoms in total. The molecule has 2 aromatic rings. The monoisotopic (exact) mass is 396 g/mol. The largest absolute Gasteiger partial charge is 0.359 e. The van der Waals surface area contributed by atoms with E-state index in [1.807, 2.05) is 0 Å². The molecule has 1 saturated heterocycles. The van der Waals surface area contributed by atoms with Crippen LogP contribution in [0.25, 0.3) is 10.9 Å². The van der Waals surface area contributed by atoms with Crippen molar-refractivity contribution in [3.05, 3.63) is 35.5 Å². The van der Waals surface area contributed by atoms with Crippen LogP contribution in [0.1, 0.15) is 50.3 Å². The van der Waals surface area contributed by atoms with E-state index < -0.39 is 0 Å². The van der Waals surface area contributed by atoms with E-state index in [-0.39, 0.29) is 17.9 Å². The number of nitrogens with zero attached hydrogens (tertiary/aromatic N) is 1. The summed E-state index contributed by atoms with van der Waals surface area (Å²) in [5, 5.41) is 7.25. The fraction of sp³-hybridized carbons (Fsp3) is 0.565. The third-order valence-electron chi connectivity index (χ3n) is 6.25.